The minimum atomic E-state index is -0.0846. The Morgan fingerprint density at radius 1 is 1.56 bits per heavy atom. The fourth-order valence-corrected chi connectivity index (χ4v) is 3.52. The van der Waals surface area contributed by atoms with E-state index < -0.39 is 0 Å². The summed E-state index contributed by atoms with van der Waals surface area (Å²) in [5.41, 5.74) is 3.19. The lowest BCUT2D eigenvalue weighted by atomic mass is 9.56. The molecule has 2 rings (SSSR count). The molecular weight excluding hydrogens is 222 g/mol. The molecule has 0 aromatic rings. The van der Waals surface area contributed by atoms with Crippen LogP contribution in [0.1, 0.15) is 46.5 Å². The molecule has 0 radical (unpaired) electrons. The first-order chi connectivity index (χ1) is 8.40. The van der Waals surface area contributed by atoms with Crippen molar-refractivity contribution in [1.29, 1.82) is 5.26 Å². The van der Waals surface area contributed by atoms with E-state index in [1.165, 1.54) is 5.57 Å². The van der Waals surface area contributed by atoms with E-state index in [1.807, 2.05) is 13.8 Å². The van der Waals surface area contributed by atoms with Crippen LogP contribution in [0.15, 0.2) is 23.3 Å². The number of hydrogen-bond acceptors (Lipinski definition) is 2. The van der Waals surface area contributed by atoms with Crippen molar-refractivity contribution in [1.82, 2.24) is 0 Å². The summed E-state index contributed by atoms with van der Waals surface area (Å²) in [6.07, 6.45) is 3.25. The first-order valence-corrected chi connectivity index (χ1v) is 6.68. The number of carbonyl (C=O) groups excluding carboxylic acids is 1. The highest BCUT2D eigenvalue weighted by Crippen LogP contribution is 2.54. The molecule has 0 unspecified atom stereocenters. The van der Waals surface area contributed by atoms with E-state index in [-0.39, 0.29) is 17.1 Å². The monoisotopic (exact) mass is 243 g/mol. The lowest BCUT2D eigenvalue weighted by Crippen LogP contribution is -2.40. The number of ketones is 1. The number of nitrogens with zero attached hydrogens (tertiary/aromatic N) is 1. The maximum Gasteiger partial charge on any atom is 0.158 e. The smallest absolute Gasteiger partial charge is 0.158 e. The number of allylic oxidation sites excluding steroid dienone is 3. The normalized spacial score (nSPS) is 36.0. The second-order valence-corrected chi connectivity index (χ2v) is 6.11. The summed E-state index contributed by atoms with van der Waals surface area (Å²) in [4.78, 5) is 11.9. The highest BCUT2D eigenvalue weighted by Gasteiger charge is 2.47. The largest absolute Gasteiger partial charge is 0.295 e. The number of fused-ring (bicyclic) bond motifs is 1. The summed E-state index contributed by atoms with van der Waals surface area (Å²) in [6, 6.07) is 2.48. The van der Waals surface area contributed by atoms with Crippen molar-refractivity contribution in [2.75, 3.05) is 0 Å². The molecule has 0 aliphatic heterocycles. The molecule has 3 atom stereocenters. The van der Waals surface area contributed by atoms with E-state index in [4.69, 9.17) is 0 Å². The van der Waals surface area contributed by atoms with Gasteiger partial charge in [0.15, 0.2) is 5.78 Å². The Balaban J connectivity index is 2.49. The average molecular weight is 243 g/mol. The van der Waals surface area contributed by atoms with Crippen LogP contribution in [0.3, 0.4) is 0 Å². The minimum absolute atomic E-state index is 0.0194. The molecule has 0 saturated heterocycles. The SMILES string of the molecule is C=C(C)[C@@H]1CC2=C(C)C(=O)CC[C@]2(C)[C@@H](C#N)C1. The van der Waals surface area contributed by atoms with E-state index in [0.717, 1.165) is 30.4 Å². The Morgan fingerprint density at radius 3 is 2.78 bits per heavy atom. The molecule has 18 heavy (non-hydrogen) atoms. The van der Waals surface area contributed by atoms with Crippen LogP contribution in [-0.4, -0.2) is 5.78 Å². The molecule has 0 aromatic heterocycles. The molecular formula is C16H21NO. The third kappa shape index (κ3) is 1.82. The molecule has 2 nitrogen and oxygen atoms in total. The lowest BCUT2D eigenvalue weighted by molar-refractivity contribution is -0.117. The van der Waals surface area contributed by atoms with Gasteiger partial charge in [-0.3, -0.25) is 4.79 Å². The van der Waals surface area contributed by atoms with Crippen molar-refractivity contribution < 1.29 is 4.79 Å². The number of carbonyl (C=O) groups is 1. The summed E-state index contributed by atoms with van der Waals surface area (Å²) in [5, 5.41) is 9.46. The molecule has 0 aromatic carbocycles. The van der Waals surface area contributed by atoms with Gasteiger partial charge in [-0.15, -0.1) is 0 Å². The molecule has 0 amide bonds. The van der Waals surface area contributed by atoms with Gasteiger partial charge < -0.3 is 0 Å². The van der Waals surface area contributed by atoms with E-state index in [0.29, 0.717) is 12.3 Å². The highest BCUT2D eigenvalue weighted by molar-refractivity contribution is 5.96. The van der Waals surface area contributed by atoms with Crippen molar-refractivity contribution in [2.24, 2.45) is 17.3 Å². The van der Waals surface area contributed by atoms with Gasteiger partial charge in [0.05, 0.1) is 12.0 Å². The summed E-state index contributed by atoms with van der Waals surface area (Å²) in [5.74, 6) is 0.645. The fraction of sp³-hybridized carbons (Fsp3) is 0.625. The maximum absolute atomic E-state index is 11.9. The van der Waals surface area contributed by atoms with Crippen molar-refractivity contribution in [3.8, 4) is 6.07 Å². The molecule has 0 N–H and O–H groups in total. The summed E-state index contributed by atoms with van der Waals surface area (Å²) < 4.78 is 0. The lowest BCUT2D eigenvalue weighted by Gasteiger charge is -2.46. The molecule has 1 fully saturated rings. The van der Waals surface area contributed by atoms with Crippen LogP contribution in [0.4, 0.5) is 0 Å². The zero-order chi connectivity index (χ0) is 13.5. The number of nitriles is 1. The van der Waals surface area contributed by atoms with Crippen LogP contribution in [0.25, 0.3) is 0 Å². The standard InChI is InChI=1S/C16H21NO/c1-10(2)12-7-13(9-17)16(4)6-5-15(18)11(3)14(16)8-12/h12-13H,1,5-8H2,2-4H3/t12-,13+,16+/m0/s1. The van der Waals surface area contributed by atoms with Gasteiger partial charge in [-0.1, -0.05) is 24.6 Å². The second kappa shape index (κ2) is 4.39. The van der Waals surface area contributed by atoms with Crippen LogP contribution in [0.2, 0.25) is 0 Å². The van der Waals surface area contributed by atoms with Crippen LogP contribution in [0.5, 0.6) is 0 Å². The Bertz CT molecular complexity index is 480. The Labute approximate surface area is 109 Å². The van der Waals surface area contributed by atoms with E-state index in [1.54, 1.807) is 0 Å². The first kappa shape index (κ1) is 13.1. The summed E-state index contributed by atoms with van der Waals surface area (Å²) in [6.45, 7) is 10.2. The summed E-state index contributed by atoms with van der Waals surface area (Å²) in [7, 11) is 0. The van der Waals surface area contributed by atoms with Crippen molar-refractivity contribution in [3.63, 3.8) is 0 Å². The second-order valence-electron chi connectivity index (χ2n) is 6.11. The predicted octanol–water partition coefficient (Wildman–Crippen LogP) is 3.80. The third-order valence-corrected chi connectivity index (χ3v) is 5.02. The Morgan fingerprint density at radius 2 is 2.22 bits per heavy atom. The van der Waals surface area contributed by atoms with Gasteiger partial charge in [0.2, 0.25) is 0 Å². The van der Waals surface area contributed by atoms with Crippen LogP contribution >= 0.6 is 0 Å². The molecule has 2 aliphatic rings. The number of rotatable bonds is 1. The molecule has 96 valence electrons. The Hall–Kier alpha value is -1.36. The van der Waals surface area contributed by atoms with Gasteiger partial charge in [-0.05, 0) is 44.6 Å². The van der Waals surface area contributed by atoms with E-state index >= 15 is 0 Å². The average Bonchev–Trinajstić information content (AvgIpc) is 2.33. The van der Waals surface area contributed by atoms with Crippen molar-refractivity contribution in [2.45, 2.75) is 46.5 Å². The molecule has 0 heterocycles. The number of Topliss-reactive ketones (excluding diaryl/α,β-unsaturated/α-hetero) is 1. The Kier molecular flexibility index (Phi) is 3.19. The molecule has 1 saturated carbocycles. The van der Waals surface area contributed by atoms with Crippen molar-refractivity contribution >= 4 is 5.78 Å². The quantitative estimate of drug-likeness (QED) is 0.657. The van der Waals surface area contributed by atoms with Gasteiger partial charge >= 0.3 is 0 Å². The van der Waals surface area contributed by atoms with Gasteiger partial charge in [0.25, 0.3) is 0 Å². The number of hydrogen-bond donors (Lipinski definition) is 0. The predicted molar refractivity (Wildman–Crippen MR) is 71.7 cm³/mol. The molecule has 0 spiro atoms. The van der Waals surface area contributed by atoms with Gasteiger partial charge in [0, 0.05) is 11.8 Å². The fourth-order valence-electron chi connectivity index (χ4n) is 3.52. The zero-order valence-corrected chi connectivity index (χ0v) is 11.5. The van der Waals surface area contributed by atoms with Crippen molar-refractivity contribution in [3.05, 3.63) is 23.3 Å². The van der Waals surface area contributed by atoms with Gasteiger partial charge in [0.1, 0.15) is 0 Å². The van der Waals surface area contributed by atoms with Gasteiger partial charge in [-0.2, -0.15) is 5.26 Å². The van der Waals surface area contributed by atoms with E-state index in [2.05, 4.69) is 19.6 Å². The van der Waals surface area contributed by atoms with Gasteiger partial charge in [-0.25, -0.2) is 0 Å². The van der Waals surface area contributed by atoms with Crippen LogP contribution < -0.4 is 0 Å². The first-order valence-electron chi connectivity index (χ1n) is 6.68. The maximum atomic E-state index is 11.9. The minimum Gasteiger partial charge on any atom is -0.295 e. The van der Waals surface area contributed by atoms with Crippen LogP contribution in [-0.2, 0) is 4.79 Å². The highest BCUT2D eigenvalue weighted by atomic mass is 16.1. The summed E-state index contributed by atoms with van der Waals surface area (Å²) >= 11 is 0. The topological polar surface area (TPSA) is 40.9 Å². The molecule has 0 bridgehead atoms. The van der Waals surface area contributed by atoms with Crippen LogP contribution in [0, 0.1) is 28.6 Å². The van der Waals surface area contributed by atoms with E-state index in [9.17, 15) is 10.1 Å². The molecule has 2 heteroatoms. The molecule has 2 aliphatic carbocycles. The third-order valence-electron chi connectivity index (χ3n) is 5.02. The zero-order valence-electron chi connectivity index (χ0n) is 11.5.